The van der Waals surface area contributed by atoms with Crippen molar-refractivity contribution in [3.63, 3.8) is 0 Å². The molecule has 9 heteroatoms. The Bertz CT molecular complexity index is 844. The first kappa shape index (κ1) is 22.9. The van der Waals surface area contributed by atoms with Crippen LogP contribution in [-0.4, -0.2) is 43.2 Å². The first-order chi connectivity index (χ1) is 13.9. The molecule has 1 atom stereocenters. The molecule has 4 N–H and O–H groups in total. The number of aliphatic hydroxyl groups excluding tert-OH is 1. The van der Waals surface area contributed by atoms with E-state index in [4.69, 9.17) is 23.2 Å². The number of amides is 1. The first-order valence-electron chi connectivity index (χ1n) is 9.09. The summed E-state index contributed by atoms with van der Waals surface area (Å²) < 4.78 is 13.6. The maximum Gasteiger partial charge on any atom is 0.254 e. The Hall–Kier alpha value is -2.35. The van der Waals surface area contributed by atoms with Gasteiger partial charge in [0.1, 0.15) is 5.82 Å². The molecule has 0 saturated carbocycles. The maximum absolute atomic E-state index is 13.6. The van der Waals surface area contributed by atoms with Crippen LogP contribution in [-0.2, 0) is 0 Å². The van der Waals surface area contributed by atoms with E-state index in [1.165, 1.54) is 18.2 Å². The van der Waals surface area contributed by atoms with Crippen molar-refractivity contribution in [1.29, 1.82) is 0 Å². The predicted molar refractivity (Wildman–Crippen MR) is 114 cm³/mol. The van der Waals surface area contributed by atoms with Crippen LogP contribution in [0.2, 0.25) is 10.0 Å². The fourth-order valence-electron chi connectivity index (χ4n) is 2.49. The lowest BCUT2D eigenvalue weighted by Gasteiger charge is -2.14. The van der Waals surface area contributed by atoms with Gasteiger partial charge in [-0.3, -0.25) is 9.79 Å². The van der Waals surface area contributed by atoms with E-state index in [1.807, 2.05) is 6.92 Å². The largest absolute Gasteiger partial charge is 0.386 e. The highest BCUT2D eigenvalue weighted by Gasteiger charge is 2.11. The zero-order valence-corrected chi connectivity index (χ0v) is 17.4. The van der Waals surface area contributed by atoms with E-state index < -0.39 is 17.8 Å². The van der Waals surface area contributed by atoms with Crippen molar-refractivity contribution in [2.75, 3.05) is 26.2 Å². The van der Waals surface area contributed by atoms with Gasteiger partial charge in [0, 0.05) is 29.7 Å². The van der Waals surface area contributed by atoms with Crippen molar-refractivity contribution in [2.24, 2.45) is 4.99 Å². The SMILES string of the molecule is CCNC(=NCC(O)c1cc(Cl)cc(Cl)c1)NCCNC(=O)c1ccccc1F. The molecule has 0 fully saturated rings. The van der Waals surface area contributed by atoms with E-state index in [1.54, 1.807) is 24.3 Å². The molecule has 2 aromatic carbocycles. The van der Waals surface area contributed by atoms with Gasteiger partial charge in [0.25, 0.3) is 5.91 Å². The molecule has 156 valence electrons. The van der Waals surface area contributed by atoms with E-state index in [-0.39, 0.29) is 18.7 Å². The fourth-order valence-corrected chi connectivity index (χ4v) is 3.03. The highest BCUT2D eigenvalue weighted by atomic mass is 35.5. The zero-order valence-electron chi connectivity index (χ0n) is 15.9. The van der Waals surface area contributed by atoms with Crippen LogP contribution >= 0.6 is 23.2 Å². The van der Waals surface area contributed by atoms with Gasteiger partial charge in [-0.1, -0.05) is 35.3 Å². The van der Waals surface area contributed by atoms with Crippen molar-refractivity contribution in [3.05, 3.63) is 69.5 Å². The Kier molecular flexibility index (Phi) is 9.18. The number of carbonyl (C=O) groups excluding carboxylic acids is 1. The predicted octanol–water partition coefficient (Wildman–Crippen LogP) is 3.15. The first-order valence-corrected chi connectivity index (χ1v) is 9.85. The molecule has 0 aliphatic heterocycles. The lowest BCUT2D eigenvalue weighted by atomic mass is 10.1. The second kappa shape index (κ2) is 11.6. The maximum atomic E-state index is 13.6. The molecule has 0 heterocycles. The Labute approximate surface area is 179 Å². The molecular formula is C20H23Cl2FN4O2. The van der Waals surface area contributed by atoms with Crippen LogP contribution in [0.15, 0.2) is 47.5 Å². The third kappa shape index (κ3) is 7.53. The second-order valence-electron chi connectivity index (χ2n) is 6.10. The number of carbonyl (C=O) groups is 1. The lowest BCUT2D eigenvalue weighted by Crippen LogP contribution is -2.41. The van der Waals surface area contributed by atoms with Gasteiger partial charge in [0.2, 0.25) is 0 Å². The number of guanidine groups is 1. The molecule has 2 aromatic rings. The normalized spacial score (nSPS) is 12.4. The Morgan fingerprint density at radius 2 is 1.76 bits per heavy atom. The van der Waals surface area contributed by atoms with Gasteiger partial charge in [-0.15, -0.1) is 0 Å². The number of aliphatic imine (C=N–C) groups is 1. The van der Waals surface area contributed by atoms with Crippen molar-refractivity contribution in [3.8, 4) is 0 Å². The number of nitrogens with zero attached hydrogens (tertiary/aromatic N) is 1. The Balaban J connectivity index is 1.85. The van der Waals surface area contributed by atoms with Crippen LogP contribution in [0.25, 0.3) is 0 Å². The highest BCUT2D eigenvalue weighted by molar-refractivity contribution is 6.34. The smallest absolute Gasteiger partial charge is 0.254 e. The molecule has 0 aliphatic rings. The number of benzene rings is 2. The highest BCUT2D eigenvalue weighted by Crippen LogP contribution is 2.23. The Morgan fingerprint density at radius 1 is 1.10 bits per heavy atom. The van der Waals surface area contributed by atoms with Gasteiger partial charge < -0.3 is 21.1 Å². The minimum Gasteiger partial charge on any atom is -0.386 e. The third-order valence-electron chi connectivity index (χ3n) is 3.86. The molecule has 1 amide bonds. The fraction of sp³-hybridized carbons (Fsp3) is 0.300. The molecule has 0 radical (unpaired) electrons. The summed E-state index contributed by atoms with van der Waals surface area (Å²) in [5, 5.41) is 19.9. The average Bonchev–Trinajstić information content (AvgIpc) is 2.68. The molecule has 6 nitrogen and oxygen atoms in total. The molecule has 0 spiro atoms. The number of hydrogen-bond donors (Lipinski definition) is 4. The molecule has 0 saturated heterocycles. The van der Waals surface area contributed by atoms with E-state index in [0.29, 0.717) is 34.7 Å². The van der Waals surface area contributed by atoms with E-state index in [2.05, 4.69) is 20.9 Å². The quantitative estimate of drug-likeness (QED) is 0.288. The molecule has 1 unspecified atom stereocenters. The summed E-state index contributed by atoms with van der Waals surface area (Å²) in [7, 11) is 0. The third-order valence-corrected chi connectivity index (χ3v) is 4.29. The van der Waals surface area contributed by atoms with Gasteiger partial charge >= 0.3 is 0 Å². The molecule has 0 aromatic heterocycles. The summed E-state index contributed by atoms with van der Waals surface area (Å²) in [5.74, 6) is -0.581. The Morgan fingerprint density at radius 3 is 2.41 bits per heavy atom. The van der Waals surface area contributed by atoms with Crippen molar-refractivity contribution in [2.45, 2.75) is 13.0 Å². The van der Waals surface area contributed by atoms with Gasteiger partial charge in [-0.2, -0.15) is 0 Å². The average molecular weight is 441 g/mol. The van der Waals surface area contributed by atoms with Crippen LogP contribution in [0.4, 0.5) is 4.39 Å². The summed E-state index contributed by atoms with van der Waals surface area (Å²) in [6.07, 6.45) is -0.873. The van der Waals surface area contributed by atoms with Gasteiger partial charge in [0.15, 0.2) is 5.96 Å². The number of halogens is 3. The van der Waals surface area contributed by atoms with Gasteiger partial charge in [-0.05, 0) is 42.8 Å². The van der Waals surface area contributed by atoms with Crippen LogP contribution in [0.1, 0.15) is 28.9 Å². The molecule has 0 bridgehead atoms. The standard InChI is InChI=1S/C20H23Cl2FN4O2/c1-2-24-20(27-12-18(28)13-9-14(21)11-15(22)10-13)26-8-7-25-19(29)16-5-3-4-6-17(16)23/h3-6,9-11,18,28H,2,7-8,12H2,1H3,(H,25,29)(H2,24,26,27). The zero-order chi connectivity index (χ0) is 21.2. The molecule has 29 heavy (non-hydrogen) atoms. The van der Waals surface area contributed by atoms with E-state index in [0.717, 1.165) is 0 Å². The van der Waals surface area contributed by atoms with Crippen molar-refractivity contribution in [1.82, 2.24) is 16.0 Å². The summed E-state index contributed by atoms with van der Waals surface area (Å²) in [6.45, 7) is 3.25. The van der Waals surface area contributed by atoms with E-state index in [9.17, 15) is 14.3 Å². The topological polar surface area (TPSA) is 85.8 Å². The summed E-state index contributed by atoms with van der Waals surface area (Å²) >= 11 is 11.9. The number of hydrogen-bond acceptors (Lipinski definition) is 3. The molecule has 2 rings (SSSR count). The minimum atomic E-state index is -0.873. The molecule has 0 aliphatic carbocycles. The van der Waals surface area contributed by atoms with Crippen LogP contribution in [0, 0.1) is 5.82 Å². The van der Waals surface area contributed by atoms with Crippen molar-refractivity contribution >= 4 is 35.1 Å². The minimum absolute atomic E-state index is 0.00335. The van der Waals surface area contributed by atoms with Crippen LogP contribution < -0.4 is 16.0 Å². The second-order valence-corrected chi connectivity index (χ2v) is 6.97. The van der Waals surface area contributed by atoms with Gasteiger partial charge in [-0.25, -0.2) is 4.39 Å². The van der Waals surface area contributed by atoms with Crippen LogP contribution in [0.3, 0.4) is 0 Å². The lowest BCUT2D eigenvalue weighted by molar-refractivity contribution is 0.0950. The number of aliphatic hydroxyl groups is 1. The molecular weight excluding hydrogens is 418 g/mol. The monoisotopic (exact) mass is 440 g/mol. The summed E-state index contributed by atoms with van der Waals surface area (Å²) in [5.41, 5.74) is 0.565. The number of nitrogens with one attached hydrogen (secondary N) is 3. The number of rotatable bonds is 8. The van der Waals surface area contributed by atoms with Gasteiger partial charge in [0.05, 0.1) is 18.2 Å². The van der Waals surface area contributed by atoms with Crippen LogP contribution in [0.5, 0.6) is 0 Å². The van der Waals surface area contributed by atoms with Crippen molar-refractivity contribution < 1.29 is 14.3 Å². The van der Waals surface area contributed by atoms with E-state index >= 15 is 0 Å². The summed E-state index contributed by atoms with van der Waals surface area (Å²) in [4.78, 5) is 16.3. The summed E-state index contributed by atoms with van der Waals surface area (Å²) in [6, 6.07) is 10.6.